The Bertz CT molecular complexity index is 618. The number of rotatable bonds is 8. The minimum atomic E-state index is -0.853. The first-order valence-electron chi connectivity index (χ1n) is 7.44. The van der Waals surface area contributed by atoms with Crippen molar-refractivity contribution in [2.24, 2.45) is 0 Å². The molecule has 0 bridgehead atoms. The summed E-state index contributed by atoms with van der Waals surface area (Å²) in [5, 5.41) is 0. The lowest BCUT2D eigenvalue weighted by Gasteiger charge is -2.15. The van der Waals surface area contributed by atoms with Crippen LogP contribution in [-0.4, -0.2) is 34.4 Å². The van der Waals surface area contributed by atoms with E-state index in [2.05, 4.69) is 18.4 Å². The number of ether oxygens (including phenoxy) is 1. The number of halogens is 2. The highest BCUT2D eigenvalue weighted by atomic mass is 28.2. The van der Waals surface area contributed by atoms with Gasteiger partial charge in [-0.15, -0.1) is 0 Å². The van der Waals surface area contributed by atoms with Crippen LogP contribution in [-0.2, 0) is 4.43 Å². The van der Waals surface area contributed by atoms with Crippen LogP contribution in [0.4, 0.5) is 8.78 Å². The van der Waals surface area contributed by atoms with E-state index in [4.69, 9.17) is 9.16 Å². The van der Waals surface area contributed by atoms with Crippen LogP contribution in [0.5, 0.6) is 5.75 Å². The van der Waals surface area contributed by atoms with Gasteiger partial charge < -0.3 is 13.7 Å². The monoisotopic (exact) mass is 335 g/mol. The van der Waals surface area contributed by atoms with Crippen LogP contribution in [0.1, 0.15) is 13.8 Å². The van der Waals surface area contributed by atoms with Crippen molar-refractivity contribution in [3.05, 3.63) is 54.1 Å². The molecule has 122 valence electrons. The average molecular weight is 335 g/mol. The summed E-state index contributed by atoms with van der Waals surface area (Å²) < 4.78 is 39.3. The lowest BCUT2D eigenvalue weighted by molar-refractivity contribution is 0.113. The third-order valence-electron chi connectivity index (χ3n) is 3.35. The Labute approximate surface area is 137 Å². The maximum Gasteiger partial charge on any atom is 0.343 e. The van der Waals surface area contributed by atoms with Crippen molar-refractivity contribution < 1.29 is 17.9 Å². The van der Waals surface area contributed by atoms with Crippen molar-refractivity contribution in [1.82, 2.24) is 4.57 Å². The largest absolute Gasteiger partial charge is 0.469 e. The molecule has 0 spiro atoms. The second kappa shape index (κ2) is 8.76. The number of hydrogen-bond donors (Lipinski definition) is 0. The van der Waals surface area contributed by atoms with Gasteiger partial charge in [-0.3, -0.25) is 0 Å². The minimum Gasteiger partial charge on any atom is -0.469 e. The van der Waals surface area contributed by atoms with Crippen molar-refractivity contribution >= 4 is 9.92 Å². The van der Waals surface area contributed by atoms with E-state index < -0.39 is 11.6 Å². The molecule has 3 nitrogen and oxygen atoms in total. The minimum absolute atomic E-state index is 0.180. The molecule has 0 heterocycles. The predicted octanol–water partition coefficient (Wildman–Crippen LogP) is 3.86. The standard InChI is InChI=1S/C17H19F2NO2Si/c1-3-20(4-2)23-22-12-21-15-8-5-13(6-9-15)14-7-10-16(18)17(19)11-14/h5-11H,3-4,12H2,1-2H3. The van der Waals surface area contributed by atoms with Crippen molar-refractivity contribution in [2.45, 2.75) is 13.8 Å². The first-order chi connectivity index (χ1) is 11.1. The topological polar surface area (TPSA) is 21.7 Å². The molecular weight excluding hydrogens is 316 g/mol. The Morgan fingerprint density at radius 1 is 0.913 bits per heavy atom. The summed E-state index contributed by atoms with van der Waals surface area (Å²) in [7, 11) is 0.279. The fourth-order valence-electron chi connectivity index (χ4n) is 1.99. The fraction of sp³-hybridized carbons (Fsp3) is 0.294. The van der Waals surface area contributed by atoms with Crippen LogP contribution < -0.4 is 4.74 Å². The molecule has 2 aromatic rings. The molecule has 0 saturated heterocycles. The molecular formula is C17H19F2NO2Si. The zero-order chi connectivity index (χ0) is 16.7. The van der Waals surface area contributed by atoms with Gasteiger partial charge in [0.15, 0.2) is 18.4 Å². The molecule has 0 amide bonds. The fourth-order valence-corrected chi connectivity index (χ4v) is 2.54. The molecule has 0 unspecified atom stereocenters. The molecule has 2 aromatic carbocycles. The normalized spacial score (nSPS) is 11.0. The molecule has 0 aliphatic rings. The Hall–Kier alpha value is -1.76. The van der Waals surface area contributed by atoms with Crippen molar-refractivity contribution in [3.63, 3.8) is 0 Å². The smallest absolute Gasteiger partial charge is 0.343 e. The summed E-state index contributed by atoms with van der Waals surface area (Å²) in [6.45, 7) is 6.23. The molecule has 23 heavy (non-hydrogen) atoms. The van der Waals surface area contributed by atoms with E-state index in [1.165, 1.54) is 6.07 Å². The van der Waals surface area contributed by atoms with Gasteiger partial charge in [0, 0.05) is 0 Å². The molecule has 2 radical (unpaired) electrons. The Morgan fingerprint density at radius 2 is 1.57 bits per heavy atom. The van der Waals surface area contributed by atoms with Crippen LogP contribution in [0.15, 0.2) is 42.5 Å². The summed E-state index contributed by atoms with van der Waals surface area (Å²) >= 11 is 0. The Balaban J connectivity index is 1.88. The van der Waals surface area contributed by atoms with Gasteiger partial charge in [0.2, 0.25) is 0 Å². The van der Waals surface area contributed by atoms with E-state index >= 15 is 0 Å². The predicted molar refractivity (Wildman–Crippen MR) is 87.0 cm³/mol. The summed E-state index contributed by atoms with van der Waals surface area (Å²) in [6.07, 6.45) is 0. The average Bonchev–Trinajstić information content (AvgIpc) is 2.58. The van der Waals surface area contributed by atoms with Gasteiger partial charge in [0.1, 0.15) is 5.75 Å². The lowest BCUT2D eigenvalue weighted by Crippen LogP contribution is -2.30. The summed E-state index contributed by atoms with van der Waals surface area (Å²) in [6, 6.07) is 11.0. The van der Waals surface area contributed by atoms with Crippen LogP contribution in [0.25, 0.3) is 11.1 Å². The summed E-state index contributed by atoms with van der Waals surface area (Å²) in [5.41, 5.74) is 1.41. The maximum absolute atomic E-state index is 13.3. The summed E-state index contributed by atoms with van der Waals surface area (Å²) in [4.78, 5) is 0. The molecule has 0 aliphatic carbocycles. The molecule has 6 heteroatoms. The zero-order valence-electron chi connectivity index (χ0n) is 13.2. The van der Waals surface area contributed by atoms with E-state index in [0.29, 0.717) is 11.3 Å². The second-order valence-electron chi connectivity index (χ2n) is 4.82. The van der Waals surface area contributed by atoms with Gasteiger partial charge in [-0.2, -0.15) is 0 Å². The third kappa shape index (κ3) is 5.13. The van der Waals surface area contributed by atoms with E-state index in [1.54, 1.807) is 30.3 Å². The molecule has 0 saturated carbocycles. The quantitative estimate of drug-likeness (QED) is 0.415. The summed E-state index contributed by atoms with van der Waals surface area (Å²) in [5.74, 6) is -1.03. The maximum atomic E-state index is 13.3. The lowest BCUT2D eigenvalue weighted by atomic mass is 10.1. The van der Waals surface area contributed by atoms with E-state index in [1.807, 2.05) is 0 Å². The van der Waals surface area contributed by atoms with Crippen LogP contribution >= 0.6 is 0 Å². The zero-order valence-corrected chi connectivity index (χ0v) is 14.2. The Kier molecular flexibility index (Phi) is 6.70. The third-order valence-corrected chi connectivity index (χ3v) is 4.49. The first kappa shape index (κ1) is 17.6. The highest BCUT2D eigenvalue weighted by molar-refractivity contribution is 6.23. The number of hydrogen-bond acceptors (Lipinski definition) is 3. The SMILES string of the molecule is CCN(CC)[Si]OCOc1ccc(-c2ccc(F)c(F)c2)cc1. The second-order valence-corrected chi connectivity index (χ2v) is 5.93. The van der Waals surface area contributed by atoms with Gasteiger partial charge in [-0.05, 0) is 48.5 Å². The molecule has 0 N–H and O–H groups in total. The Morgan fingerprint density at radius 3 is 2.17 bits per heavy atom. The van der Waals surface area contributed by atoms with Gasteiger partial charge in [-0.25, -0.2) is 8.78 Å². The number of nitrogens with zero attached hydrogens (tertiary/aromatic N) is 1. The first-order valence-corrected chi connectivity index (χ1v) is 8.30. The van der Waals surface area contributed by atoms with Crippen LogP contribution in [0, 0.1) is 11.6 Å². The highest BCUT2D eigenvalue weighted by Crippen LogP contribution is 2.24. The molecule has 0 atom stereocenters. The molecule has 0 aromatic heterocycles. The van der Waals surface area contributed by atoms with Crippen molar-refractivity contribution in [3.8, 4) is 16.9 Å². The molecule has 0 fully saturated rings. The van der Waals surface area contributed by atoms with Gasteiger partial charge in [0.05, 0.1) is 0 Å². The van der Waals surface area contributed by atoms with E-state index in [0.717, 1.165) is 24.7 Å². The van der Waals surface area contributed by atoms with Crippen LogP contribution in [0.3, 0.4) is 0 Å². The molecule has 0 aliphatic heterocycles. The van der Waals surface area contributed by atoms with Crippen LogP contribution in [0.2, 0.25) is 0 Å². The van der Waals surface area contributed by atoms with Gasteiger partial charge in [0.25, 0.3) is 0 Å². The van der Waals surface area contributed by atoms with Crippen molar-refractivity contribution in [2.75, 3.05) is 19.9 Å². The van der Waals surface area contributed by atoms with Gasteiger partial charge in [-0.1, -0.05) is 32.0 Å². The number of benzene rings is 2. The molecule has 2 rings (SSSR count). The van der Waals surface area contributed by atoms with Crippen molar-refractivity contribution in [1.29, 1.82) is 0 Å². The van der Waals surface area contributed by atoms with E-state index in [9.17, 15) is 8.78 Å². The highest BCUT2D eigenvalue weighted by Gasteiger charge is 2.05. The van der Waals surface area contributed by atoms with E-state index in [-0.39, 0.29) is 16.7 Å². The van der Waals surface area contributed by atoms with Gasteiger partial charge >= 0.3 is 9.92 Å².